The van der Waals surface area contributed by atoms with E-state index in [4.69, 9.17) is 4.74 Å². The highest BCUT2D eigenvalue weighted by molar-refractivity contribution is 5.47. The highest BCUT2D eigenvalue weighted by Gasteiger charge is 2.12. The first-order valence-electron chi connectivity index (χ1n) is 4.91. The fraction of sp³-hybridized carbons (Fsp3) is 0.500. The minimum absolute atomic E-state index is 0.0324. The van der Waals surface area contributed by atoms with Crippen LogP contribution in [0.15, 0.2) is 12.3 Å². The molecule has 1 aromatic rings. The van der Waals surface area contributed by atoms with E-state index in [9.17, 15) is 10.1 Å². The first kappa shape index (κ1) is 12.4. The molecular weight excluding hydrogens is 210 g/mol. The van der Waals surface area contributed by atoms with Gasteiger partial charge < -0.3 is 10.1 Å². The number of methoxy groups -OCH3 is 1. The van der Waals surface area contributed by atoms with E-state index in [1.54, 1.807) is 20.1 Å². The lowest BCUT2D eigenvalue weighted by atomic mass is 10.2. The molecule has 6 nitrogen and oxygen atoms in total. The van der Waals surface area contributed by atoms with Crippen molar-refractivity contribution < 1.29 is 9.66 Å². The molecule has 0 bridgehead atoms. The van der Waals surface area contributed by atoms with Gasteiger partial charge in [-0.05, 0) is 19.9 Å². The van der Waals surface area contributed by atoms with Gasteiger partial charge in [-0.25, -0.2) is 4.98 Å². The molecule has 0 spiro atoms. The molecule has 6 heteroatoms. The van der Waals surface area contributed by atoms with Crippen LogP contribution in [0.4, 0.5) is 11.5 Å². The summed E-state index contributed by atoms with van der Waals surface area (Å²) >= 11 is 0. The molecule has 0 fully saturated rings. The largest absolute Gasteiger partial charge is 0.383 e. The highest BCUT2D eigenvalue weighted by Crippen LogP contribution is 2.19. The molecular formula is C10H15N3O3. The third kappa shape index (κ3) is 3.16. The zero-order valence-electron chi connectivity index (χ0n) is 9.56. The van der Waals surface area contributed by atoms with E-state index in [2.05, 4.69) is 10.3 Å². The molecule has 0 aliphatic heterocycles. The maximum atomic E-state index is 10.6. The van der Waals surface area contributed by atoms with Gasteiger partial charge in [0, 0.05) is 18.7 Å². The van der Waals surface area contributed by atoms with Crippen LogP contribution in [-0.4, -0.2) is 29.7 Å². The number of nitro groups is 1. The monoisotopic (exact) mass is 225 g/mol. The van der Waals surface area contributed by atoms with Crippen molar-refractivity contribution in [1.29, 1.82) is 0 Å². The summed E-state index contributed by atoms with van der Waals surface area (Å²) in [6.45, 7) is 4.19. The fourth-order valence-electron chi connectivity index (χ4n) is 1.36. The summed E-state index contributed by atoms with van der Waals surface area (Å²) in [6.07, 6.45) is 1.26. The van der Waals surface area contributed by atoms with Gasteiger partial charge in [-0.3, -0.25) is 10.1 Å². The van der Waals surface area contributed by atoms with E-state index in [1.807, 2.05) is 6.92 Å². The zero-order chi connectivity index (χ0) is 12.1. The average molecular weight is 225 g/mol. The quantitative estimate of drug-likeness (QED) is 0.610. The van der Waals surface area contributed by atoms with Crippen LogP contribution in [0.5, 0.6) is 0 Å². The Balaban J connectivity index is 2.77. The number of nitrogens with one attached hydrogen (secondary N) is 1. The summed E-state index contributed by atoms with van der Waals surface area (Å²) in [6, 6.07) is 1.77. The molecule has 0 saturated heterocycles. The maximum Gasteiger partial charge on any atom is 0.290 e. The minimum atomic E-state index is -0.440. The summed E-state index contributed by atoms with van der Waals surface area (Å²) < 4.78 is 4.97. The lowest BCUT2D eigenvalue weighted by molar-refractivity contribution is -0.385. The van der Waals surface area contributed by atoms with Gasteiger partial charge in [0.05, 0.1) is 11.5 Å². The summed E-state index contributed by atoms with van der Waals surface area (Å²) in [5.74, 6) is 0.618. The number of aryl methyl sites for hydroxylation is 1. The number of rotatable bonds is 5. The number of pyridine rings is 1. The Morgan fingerprint density at radius 1 is 1.69 bits per heavy atom. The van der Waals surface area contributed by atoms with E-state index in [-0.39, 0.29) is 11.7 Å². The van der Waals surface area contributed by atoms with E-state index in [0.29, 0.717) is 18.0 Å². The Bertz CT molecular complexity index is 382. The lowest BCUT2D eigenvalue weighted by Gasteiger charge is -2.13. The van der Waals surface area contributed by atoms with Gasteiger partial charge >= 0.3 is 0 Å². The van der Waals surface area contributed by atoms with Gasteiger partial charge in [-0.2, -0.15) is 0 Å². The predicted molar refractivity (Wildman–Crippen MR) is 60.6 cm³/mol. The summed E-state index contributed by atoms with van der Waals surface area (Å²) in [4.78, 5) is 14.1. The topological polar surface area (TPSA) is 77.3 Å². The highest BCUT2D eigenvalue weighted by atomic mass is 16.6. The van der Waals surface area contributed by atoms with Crippen LogP contribution in [0.2, 0.25) is 0 Å². The molecule has 1 N–H and O–H groups in total. The first-order valence-corrected chi connectivity index (χ1v) is 4.91. The van der Waals surface area contributed by atoms with Crippen molar-refractivity contribution in [3.05, 3.63) is 27.9 Å². The predicted octanol–water partition coefficient (Wildman–Crippen LogP) is 1.75. The number of aromatic nitrogens is 1. The Morgan fingerprint density at radius 2 is 2.38 bits per heavy atom. The Kier molecular flexibility index (Phi) is 4.19. The van der Waals surface area contributed by atoms with Crippen LogP contribution < -0.4 is 5.32 Å². The molecule has 1 rings (SSSR count). The number of hydrogen-bond donors (Lipinski definition) is 1. The smallest absolute Gasteiger partial charge is 0.290 e. The van der Waals surface area contributed by atoms with Gasteiger partial charge in [-0.15, -0.1) is 0 Å². The van der Waals surface area contributed by atoms with Crippen LogP contribution in [0, 0.1) is 17.0 Å². The first-order chi connectivity index (χ1) is 7.54. The number of hydrogen-bond acceptors (Lipinski definition) is 5. The molecule has 1 aromatic heterocycles. The van der Waals surface area contributed by atoms with Crippen molar-refractivity contribution in [3.8, 4) is 0 Å². The molecule has 88 valence electrons. The molecule has 0 amide bonds. The van der Waals surface area contributed by atoms with Crippen LogP contribution in [0.25, 0.3) is 0 Å². The molecule has 1 heterocycles. The SMILES string of the molecule is COCC(C)Nc1cc(C)c([N+](=O)[O-])cn1. The fourth-order valence-corrected chi connectivity index (χ4v) is 1.36. The summed E-state index contributed by atoms with van der Waals surface area (Å²) in [7, 11) is 1.62. The third-order valence-corrected chi connectivity index (χ3v) is 2.09. The van der Waals surface area contributed by atoms with Crippen LogP contribution >= 0.6 is 0 Å². The van der Waals surface area contributed by atoms with Crippen molar-refractivity contribution in [1.82, 2.24) is 4.98 Å². The van der Waals surface area contributed by atoms with Crippen molar-refractivity contribution >= 4 is 11.5 Å². The van der Waals surface area contributed by atoms with Gasteiger partial charge in [0.25, 0.3) is 5.69 Å². The number of ether oxygens (including phenoxy) is 1. The second-order valence-electron chi connectivity index (χ2n) is 3.61. The zero-order valence-corrected chi connectivity index (χ0v) is 9.56. The van der Waals surface area contributed by atoms with Crippen LogP contribution in [-0.2, 0) is 4.74 Å². The van der Waals surface area contributed by atoms with Crippen molar-refractivity contribution in [3.63, 3.8) is 0 Å². The van der Waals surface area contributed by atoms with E-state index in [1.165, 1.54) is 6.20 Å². The minimum Gasteiger partial charge on any atom is -0.383 e. The molecule has 0 aromatic carbocycles. The Hall–Kier alpha value is -1.69. The molecule has 0 saturated carbocycles. The normalized spacial score (nSPS) is 12.2. The van der Waals surface area contributed by atoms with E-state index >= 15 is 0 Å². The van der Waals surface area contributed by atoms with Gasteiger partial charge in [0.15, 0.2) is 0 Å². The average Bonchev–Trinajstić information content (AvgIpc) is 2.17. The second kappa shape index (κ2) is 5.41. The molecule has 0 aliphatic carbocycles. The van der Waals surface area contributed by atoms with Gasteiger partial charge in [-0.1, -0.05) is 0 Å². The van der Waals surface area contributed by atoms with Gasteiger partial charge in [0.2, 0.25) is 0 Å². The van der Waals surface area contributed by atoms with Crippen molar-refractivity contribution in [2.75, 3.05) is 19.0 Å². The van der Waals surface area contributed by atoms with Gasteiger partial charge in [0.1, 0.15) is 12.0 Å². The molecule has 16 heavy (non-hydrogen) atoms. The van der Waals surface area contributed by atoms with E-state index in [0.717, 1.165) is 0 Å². The van der Waals surface area contributed by atoms with Crippen molar-refractivity contribution in [2.24, 2.45) is 0 Å². The number of nitrogens with zero attached hydrogens (tertiary/aromatic N) is 2. The molecule has 1 unspecified atom stereocenters. The molecule has 0 aliphatic rings. The summed E-state index contributed by atoms with van der Waals surface area (Å²) in [5, 5.41) is 13.7. The lowest BCUT2D eigenvalue weighted by Crippen LogP contribution is -2.21. The number of anilines is 1. The van der Waals surface area contributed by atoms with Crippen molar-refractivity contribution in [2.45, 2.75) is 19.9 Å². The van der Waals surface area contributed by atoms with Crippen LogP contribution in [0.1, 0.15) is 12.5 Å². The Morgan fingerprint density at radius 3 is 2.88 bits per heavy atom. The Labute approximate surface area is 93.8 Å². The molecule has 1 atom stereocenters. The third-order valence-electron chi connectivity index (χ3n) is 2.09. The second-order valence-corrected chi connectivity index (χ2v) is 3.61. The summed E-state index contributed by atoms with van der Waals surface area (Å²) in [5.41, 5.74) is 0.622. The van der Waals surface area contributed by atoms with E-state index < -0.39 is 4.92 Å². The standard InChI is InChI=1S/C10H15N3O3/c1-7-4-10(12-8(2)6-16-3)11-5-9(7)13(14)15/h4-5,8H,6H2,1-3H3,(H,11,12). The maximum absolute atomic E-state index is 10.6. The molecule has 0 radical (unpaired) electrons. The van der Waals surface area contributed by atoms with Crippen LogP contribution in [0.3, 0.4) is 0 Å².